The Labute approximate surface area is 145 Å². The topological polar surface area (TPSA) is 78.9 Å². The molecule has 0 bridgehead atoms. The Kier molecular flexibility index (Phi) is 10.3. The van der Waals surface area contributed by atoms with E-state index in [4.69, 9.17) is 10.8 Å². The van der Waals surface area contributed by atoms with Gasteiger partial charge in [-0.1, -0.05) is 56.7 Å². The van der Waals surface area contributed by atoms with Gasteiger partial charge in [-0.05, 0) is 25.0 Å². The van der Waals surface area contributed by atoms with E-state index in [1.165, 1.54) is 25.7 Å². The number of anilines is 1. The minimum atomic E-state index is -0.687. The van der Waals surface area contributed by atoms with Gasteiger partial charge in [0.15, 0.2) is 5.96 Å². The number of hydrogen-bond donors (Lipinski definition) is 2. The Hall–Kier alpha value is -2.04. The molecule has 24 heavy (non-hydrogen) atoms. The van der Waals surface area contributed by atoms with E-state index < -0.39 is 5.97 Å². The van der Waals surface area contributed by atoms with Gasteiger partial charge in [0.2, 0.25) is 0 Å². The van der Waals surface area contributed by atoms with Gasteiger partial charge in [0.05, 0.1) is 0 Å². The maximum Gasteiger partial charge on any atom is 0.303 e. The van der Waals surface area contributed by atoms with E-state index >= 15 is 0 Å². The van der Waals surface area contributed by atoms with Crippen LogP contribution < -0.4 is 10.6 Å². The number of para-hydroxylation sites is 1. The molecule has 0 saturated heterocycles. The second-order valence-corrected chi connectivity index (χ2v) is 6.11. The number of carboxylic acid groups (broad SMARTS) is 1. The maximum atomic E-state index is 10.4. The Morgan fingerprint density at radius 3 is 2.12 bits per heavy atom. The van der Waals surface area contributed by atoms with Gasteiger partial charge in [0.1, 0.15) is 0 Å². The fourth-order valence-electron chi connectivity index (χ4n) is 2.53. The number of rotatable bonds is 12. The molecule has 5 heteroatoms. The van der Waals surface area contributed by atoms with Crippen molar-refractivity contribution in [2.75, 3.05) is 18.5 Å². The van der Waals surface area contributed by atoms with Crippen molar-refractivity contribution in [3.05, 3.63) is 30.3 Å². The first-order chi connectivity index (χ1) is 11.6. The van der Waals surface area contributed by atoms with Gasteiger partial charge >= 0.3 is 5.97 Å². The fourth-order valence-corrected chi connectivity index (χ4v) is 2.53. The van der Waals surface area contributed by atoms with Crippen LogP contribution in [0.4, 0.5) is 5.69 Å². The molecule has 0 aromatic heterocycles. The Balaban J connectivity index is 2.02. The van der Waals surface area contributed by atoms with Gasteiger partial charge in [0.25, 0.3) is 0 Å². The van der Waals surface area contributed by atoms with E-state index in [9.17, 15) is 4.79 Å². The van der Waals surface area contributed by atoms with Crippen LogP contribution in [0.2, 0.25) is 0 Å². The van der Waals surface area contributed by atoms with Gasteiger partial charge in [-0.3, -0.25) is 9.79 Å². The van der Waals surface area contributed by atoms with Crippen molar-refractivity contribution in [2.45, 2.75) is 57.8 Å². The number of nitrogens with two attached hydrogens (primary N) is 1. The van der Waals surface area contributed by atoms with E-state index in [1.54, 1.807) is 0 Å². The third-order valence-electron chi connectivity index (χ3n) is 4.06. The van der Waals surface area contributed by atoms with E-state index in [0.29, 0.717) is 12.4 Å². The van der Waals surface area contributed by atoms with Crippen LogP contribution >= 0.6 is 0 Å². The van der Waals surface area contributed by atoms with Crippen LogP contribution in [0, 0.1) is 0 Å². The monoisotopic (exact) mass is 333 g/mol. The van der Waals surface area contributed by atoms with Crippen molar-refractivity contribution in [1.82, 2.24) is 0 Å². The first-order valence-electron chi connectivity index (χ1n) is 8.91. The molecule has 0 amide bonds. The molecule has 0 aliphatic heterocycles. The molecule has 0 saturated carbocycles. The van der Waals surface area contributed by atoms with Gasteiger partial charge < -0.3 is 15.7 Å². The van der Waals surface area contributed by atoms with E-state index in [2.05, 4.69) is 4.99 Å². The Morgan fingerprint density at radius 2 is 1.54 bits per heavy atom. The quantitative estimate of drug-likeness (QED) is 0.344. The molecule has 0 unspecified atom stereocenters. The third-order valence-corrected chi connectivity index (χ3v) is 4.06. The summed E-state index contributed by atoms with van der Waals surface area (Å²) in [5.74, 6) is -0.132. The number of aliphatic imine (C=N–C) groups is 1. The molecule has 0 fully saturated rings. The smallest absolute Gasteiger partial charge is 0.303 e. The van der Waals surface area contributed by atoms with Crippen molar-refractivity contribution in [3.8, 4) is 0 Å². The normalized spacial score (nSPS) is 11.5. The first kappa shape index (κ1) is 20.0. The van der Waals surface area contributed by atoms with Gasteiger partial charge in [-0.15, -0.1) is 0 Å². The summed E-state index contributed by atoms with van der Waals surface area (Å²) in [4.78, 5) is 16.7. The van der Waals surface area contributed by atoms with Crippen LogP contribution in [0.1, 0.15) is 57.8 Å². The fraction of sp³-hybridized carbons (Fsp3) is 0.579. The van der Waals surface area contributed by atoms with Crippen LogP contribution in [-0.2, 0) is 4.79 Å². The first-order valence-corrected chi connectivity index (χ1v) is 8.91. The molecule has 1 aromatic carbocycles. The Bertz CT molecular complexity index is 489. The minimum absolute atomic E-state index is 0.302. The molecule has 0 aliphatic rings. The maximum absolute atomic E-state index is 10.4. The molecular formula is C19H31N3O2. The number of carboxylic acids is 1. The number of guanidine groups is 1. The van der Waals surface area contributed by atoms with Crippen LogP contribution in [0.3, 0.4) is 0 Å². The zero-order valence-electron chi connectivity index (χ0n) is 14.8. The number of hydrogen-bond acceptors (Lipinski definition) is 2. The lowest BCUT2D eigenvalue weighted by Gasteiger charge is -2.17. The lowest BCUT2D eigenvalue weighted by Crippen LogP contribution is -2.34. The summed E-state index contributed by atoms with van der Waals surface area (Å²) in [6, 6.07) is 9.98. The SMILES string of the molecule is CN(C(N)=NCCCCCCCCCCC(=O)O)c1ccccc1. The molecule has 5 nitrogen and oxygen atoms in total. The van der Waals surface area contributed by atoms with Crippen molar-refractivity contribution < 1.29 is 9.90 Å². The molecular weight excluding hydrogens is 302 g/mol. The highest BCUT2D eigenvalue weighted by Crippen LogP contribution is 2.11. The summed E-state index contributed by atoms with van der Waals surface area (Å²) in [5, 5.41) is 8.55. The second kappa shape index (κ2) is 12.4. The average molecular weight is 333 g/mol. The largest absolute Gasteiger partial charge is 0.481 e. The summed E-state index contributed by atoms with van der Waals surface area (Å²) < 4.78 is 0. The molecule has 0 atom stereocenters. The van der Waals surface area contributed by atoms with Crippen molar-refractivity contribution in [3.63, 3.8) is 0 Å². The van der Waals surface area contributed by atoms with Crippen LogP contribution in [0.5, 0.6) is 0 Å². The third kappa shape index (κ3) is 9.18. The van der Waals surface area contributed by atoms with Crippen LogP contribution in [-0.4, -0.2) is 30.6 Å². The molecule has 0 heterocycles. The van der Waals surface area contributed by atoms with E-state index in [-0.39, 0.29) is 0 Å². The summed E-state index contributed by atoms with van der Waals surface area (Å²) in [6.07, 6.45) is 9.12. The summed E-state index contributed by atoms with van der Waals surface area (Å²) in [5.41, 5.74) is 7.06. The predicted molar refractivity (Wildman–Crippen MR) is 101 cm³/mol. The number of nitrogens with zero attached hydrogens (tertiary/aromatic N) is 2. The molecule has 134 valence electrons. The number of benzene rings is 1. The molecule has 1 rings (SSSR count). The van der Waals surface area contributed by atoms with E-state index in [0.717, 1.165) is 37.9 Å². The highest BCUT2D eigenvalue weighted by molar-refractivity contribution is 5.94. The number of carbonyl (C=O) groups is 1. The zero-order chi connectivity index (χ0) is 17.6. The summed E-state index contributed by atoms with van der Waals surface area (Å²) in [6.45, 7) is 0.765. The minimum Gasteiger partial charge on any atom is -0.481 e. The summed E-state index contributed by atoms with van der Waals surface area (Å²) >= 11 is 0. The predicted octanol–water partition coefficient (Wildman–Crippen LogP) is 4.03. The van der Waals surface area contributed by atoms with Crippen molar-refractivity contribution in [1.29, 1.82) is 0 Å². The standard InChI is InChI=1S/C19H31N3O2/c1-22(17-13-9-8-10-14-17)19(20)21-16-12-7-5-3-2-4-6-11-15-18(23)24/h8-10,13-14H,2-7,11-12,15-16H2,1H3,(H2,20,21)(H,23,24). The zero-order valence-corrected chi connectivity index (χ0v) is 14.8. The molecule has 0 spiro atoms. The average Bonchev–Trinajstić information content (AvgIpc) is 2.59. The second-order valence-electron chi connectivity index (χ2n) is 6.11. The lowest BCUT2D eigenvalue weighted by molar-refractivity contribution is -0.137. The molecule has 0 aliphatic carbocycles. The van der Waals surface area contributed by atoms with Crippen molar-refractivity contribution >= 4 is 17.6 Å². The Morgan fingerprint density at radius 1 is 1.00 bits per heavy atom. The highest BCUT2D eigenvalue weighted by atomic mass is 16.4. The molecule has 1 aromatic rings. The van der Waals surface area contributed by atoms with E-state index in [1.807, 2.05) is 42.3 Å². The number of aliphatic carboxylic acids is 1. The van der Waals surface area contributed by atoms with Crippen LogP contribution in [0.25, 0.3) is 0 Å². The highest BCUT2D eigenvalue weighted by Gasteiger charge is 2.03. The van der Waals surface area contributed by atoms with Gasteiger partial charge in [0, 0.05) is 25.7 Å². The molecule has 3 N–H and O–H groups in total. The lowest BCUT2D eigenvalue weighted by atomic mass is 10.1. The number of unbranched alkanes of at least 4 members (excludes halogenated alkanes) is 7. The summed E-state index contributed by atoms with van der Waals surface area (Å²) in [7, 11) is 1.93. The van der Waals surface area contributed by atoms with Gasteiger partial charge in [-0.25, -0.2) is 0 Å². The van der Waals surface area contributed by atoms with Crippen molar-refractivity contribution in [2.24, 2.45) is 10.7 Å². The van der Waals surface area contributed by atoms with Crippen LogP contribution in [0.15, 0.2) is 35.3 Å². The van der Waals surface area contributed by atoms with Gasteiger partial charge in [-0.2, -0.15) is 0 Å². The molecule has 0 radical (unpaired) electrons.